The largest absolute Gasteiger partial charge is 0.494 e. The van der Waals surface area contributed by atoms with Gasteiger partial charge in [-0.25, -0.2) is 4.68 Å². The molecule has 3 aromatic rings. The Bertz CT molecular complexity index is 1120. The molecule has 186 valence electrons. The van der Waals surface area contributed by atoms with Gasteiger partial charge in [-0.05, 0) is 67.4 Å². The highest BCUT2D eigenvalue weighted by molar-refractivity contribution is 5.51. The first-order valence-corrected chi connectivity index (χ1v) is 12.1. The van der Waals surface area contributed by atoms with E-state index in [0.29, 0.717) is 6.61 Å². The van der Waals surface area contributed by atoms with Gasteiger partial charge in [0.05, 0.1) is 23.1 Å². The minimum atomic E-state index is -0.370. The molecule has 0 N–H and O–H groups in total. The number of hydrogen-bond donors (Lipinski definition) is 0. The molecule has 0 aliphatic carbocycles. The summed E-state index contributed by atoms with van der Waals surface area (Å²) in [5.74, 6) is 1.66. The Morgan fingerprint density at radius 3 is 2.26 bits per heavy atom. The molecule has 0 saturated carbocycles. The number of ether oxygens (including phenoxy) is 1. The van der Waals surface area contributed by atoms with Crippen molar-refractivity contribution in [1.82, 2.24) is 25.1 Å². The molecule has 1 saturated heterocycles. The second kappa shape index (κ2) is 10.4. The molecule has 0 radical (unpaired) electrons. The Morgan fingerprint density at radius 1 is 1.03 bits per heavy atom. The van der Waals surface area contributed by atoms with Crippen molar-refractivity contribution in [2.75, 3.05) is 37.7 Å². The molecule has 35 heavy (non-hydrogen) atoms. The maximum atomic E-state index is 11.0. The smallest absolute Gasteiger partial charge is 0.269 e. The standard InChI is InChI=1S/C25H33N7O3/c1-5-25(3,4)31-24(26-27-28-31)23(19-7-13-22(14-8-19)35-6-2)30-17-15-29(16-18-30)20-9-11-21(12-10-20)32(33)34/h7-14,23H,5-6,15-18H2,1-4H3/t23-/m0/s1. The number of nitrogens with zero attached hydrogens (tertiary/aromatic N) is 7. The molecule has 2 aromatic carbocycles. The first kappa shape index (κ1) is 24.6. The molecule has 0 bridgehead atoms. The van der Waals surface area contributed by atoms with Crippen molar-refractivity contribution in [2.24, 2.45) is 0 Å². The van der Waals surface area contributed by atoms with Crippen LogP contribution in [0.3, 0.4) is 0 Å². The van der Waals surface area contributed by atoms with Crippen LogP contribution in [0.25, 0.3) is 0 Å². The van der Waals surface area contributed by atoms with E-state index in [2.05, 4.69) is 58.2 Å². The van der Waals surface area contributed by atoms with Gasteiger partial charge in [-0.15, -0.1) is 5.10 Å². The van der Waals surface area contributed by atoms with E-state index in [1.165, 1.54) is 0 Å². The van der Waals surface area contributed by atoms with Crippen LogP contribution in [0.15, 0.2) is 48.5 Å². The molecule has 0 spiro atoms. The van der Waals surface area contributed by atoms with Gasteiger partial charge in [0.25, 0.3) is 5.69 Å². The molecule has 0 unspecified atom stereocenters. The molecule has 1 atom stereocenters. The van der Waals surface area contributed by atoms with E-state index in [0.717, 1.165) is 55.4 Å². The third-order valence-electron chi connectivity index (χ3n) is 6.79. The minimum absolute atomic E-state index is 0.105. The van der Waals surface area contributed by atoms with E-state index in [1.54, 1.807) is 12.1 Å². The average molecular weight is 480 g/mol. The second-order valence-corrected chi connectivity index (χ2v) is 9.32. The van der Waals surface area contributed by atoms with Gasteiger partial charge in [-0.1, -0.05) is 19.1 Å². The summed E-state index contributed by atoms with van der Waals surface area (Å²) in [5.41, 5.74) is 1.99. The van der Waals surface area contributed by atoms with Crippen LogP contribution in [0.2, 0.25) is 0 Å². The summed E-state index contributed by atoms with van der Waals surface area (Å²) in [7, 11) is 0. The van der Waals surface area contributed by atoms with Gasteiger partial charge in [0, 0.05) is 44.0 Å². The van der Waals surface area contributed by atoms with Crippen molar-refractivity contribution in [2.45, 2.75) is 45.7 Å². The molecule has 1 fully saturated rings. The van der Waals surface area contributed by atoms with Gasteiger partial charge in [-0.2, -0.15) is 0 Å². The number of nitro benzene ring substituents is 1. The lowest BCUT2D eigenvalue weighted by atomic mass is 9.99. The van der Waals surface area contributed by atoms with Crippen molar-refractivity contribution in [1.29, 1.82) is 0 Å². The molecule has 4 rings (SSSR count). The van der Waals surface area contributed by atoms with Crippen LogP contribution < -0.4 is 9.64 Å². The van der Waals surface area contributed by atoms with Gasteiger partial charge in [0.2, 0.25) is 0 Å². The summed E-state index contributed by atoms with van der Waals surface area (Å²) in [6.07, 6.45) is 0.898. The fraction of sp³-hybridized carbons (Fsp3) is 0.480. The van der Waals surface area contributed by atoms with E-state index >= 15 is 0 Å². The zero-order valence-electron chi connectivity index (χ0n) is 20.8. The molecule has 10 heteroatoms. The summed E-state index contributed by atoms with van der Waals surface area (Å²) in [6, 6.07) is 14.8. The summed E-state index contributed by atoms with van der Waals surface area (Å²) in [6.45, 7) is 12.2. The second-order valence-electron chi connectivity index (χ2n) is 9.32. The Morgan fingerprint density at radius 2 is 1.69 bits per heavy atom. The number of piperazine rings is 1. The Hall–Kier alpha value is -3.53. The maximum absolute atomic E-state index is 11.0. The van der Waals surface area contributed by atoms with E-state index in [-0.39, 0.29) is 22.2 Å². The van der Waals surface area contributed by atoms with Crippen molar-refractivity contribution in [3.05, 3.63) is 70.0 Å². The van der Waals surface area contributed by atoms with E-state index in [1.807, 2.05) is 35.9 Å². The molecule has 1 aliphatic rings. The first-order valence-electron chi connectivity index (χ1n) is 12.1. The highest BCUT2D eigenvalue weighted by Gasteiger charge is 2.34. The van der Waals surface area contributed by atoms with Crippen molar-refractivity contribution in [3.63, 3.8) is 0 Å². The lowest BCUT2D eigenvalue weighted by molar-refractivity contribution is -0.384. The predicted octanol–water partition coefficient (Wildman–Crippen LogP) is 4.04. The van der Waals surface area contributed by atoms with Gasteiger partial charge < -0.3 is 9.64 Å². The third-order valence-corrected chi connectivity index (χ3v) is 6.79. The highest BCUT2D eigenvalue weighted by Crippen LogP contribution is 2.33. The van der Waals surface area contributed by atoms with Crippen LogP contribution in [0.5, 0.6) is 5.75 Å². The van der Waals surface area contributed by atoms with Crippen molar-refractivity contribution >= 4 is 11.4 Å². The normalized spacial score (nSPS) is 15.7. The summed E-state index contributed by atoms with van der Waals surface area (Å²) in [4.78, 5) is 15.3. The van der Waals surface area contributed by atoms with Gasteiger partial charge in [0.1, 0.15) is 5.75 Å². The fourth-order valence-electron chi connectivity index (χ4n) is 4.41. The topological polar surface area (TPSA) is 102 Å². The number of non-ortho nitro benzene ring substituents is 1. The number of aromatic nitrogens is 4. The van der Waals surface area contributed by atoms with E-state index in [9.17, 15) is 10.1 Å². The van der Waals surface area contributed by atoms with Crippen LogP contribution in [0, 0.1) is 10.1 Å². The SMILES string of the molecule is CCOc1ccc([C@@H](c2nnnn2C(C)(C)CC)N2CCN(c3ccc([N+](=O)[O-])cc3)CC2)cc1. The molecule has 1 aliphatic heterocycles. The Balaban J connectivity index is 1.60. The van der Waals surface area contributed by atoms with Crippen molar-refractivity contribution < 1.29 is 9.66 Å². The molecule has 0 amide bonds. The lowest BCUT2D eigenvalue weighted by Gasteiger charge is -2.40. The van der Waals surface area contributed by atoms with Crippen LogP contribution in [-0.4, -0.2) is 62.8 Å². The highest BCUT2D eigenvalue weighted by atomic mass is 16.6. The van der Waals surface area contributed by atoms with Crippen LogP contribution in [0.1, 0.15) is 51.5 Å². The zero-order valence-corrected chi connectivity index (χ0v) is 20.8. The quantitative estimate of drug-likeness (QED) is 0.335. The van der Waals surface area contributed by atoms with Gasteiger partial charge in [0.15, 0.2) is 5.82 Å². The molecule has 1 aromatic heterocycles. The van der Waals surface area contributed by atoms with Crippen LogP contribution >= 0.6 is 0 Å². The van der Waals surface area contributed by atoms with Crippen LogP contribution in [-0.2, 0) is 5.54 Å². The number of anilines is 1. The van der Waals surface area contributed by atoms with Crippen LogP contribution in [0.4, 0.5) is 11.4 Å². The van der Waals surface area contributed by atoms with Gasteiger partial charge in [-0.3, -0.25) is 15.0 Å². The number of nitro groups is 1. The van der Waals surface area contributed by atoms with Crippen molar-refractivity contribution in [3.8, 4) is 5.75 Å². The third kappa shape index (κ3) is 5.27. The first-order chi connectivity index (χ1) is 16.8. The Kier molecular flexibility index (Phi) is 7.30. The summed E-state index contributed by atoms with van der Waals surface area (Å²) < 4.78 is 7.61. The fourth-order valence-corrected chi connectivity index (χ4v) is 4.41. The average Bonchev–Trinajstić information content (AvgIpc) is 3.36. The molecule has 10 nitrogen and oxygen atoms in total. The number of rotatable bonds is 9. The lowest BCUT2D eigenvalue weighted by Crippen LogP contribution is -2.48. The van der Waals surface area contributed by atoms with Gasteiger partial charge >= 0.3 is 0 Å². The predicted molar refractivity (Wildman–Crippen MR) is 134 cm³/mol. The van der Waals surface area contributed by atoms with E-state index < -0.39 is 0 Å². The number of tetrazole rings is 1. The maximum Gasteiger partial charge on any atom is 0.269 e. The Labute approximate surface area is 205 Å². The number of benzene rings is 2. The summed E-state index contributed by atoms with van der Waals surface area (Å²) >= 11 is 0. The monoisotopic (exact) mass is 479 g/mol. The zero-order chi connectivity index (χ0) is 25.0. The number of hydrogen-bond acceptors (Lipinski definition) is 8. The summed E-state index contributed by atoms with van der Waals surface area (Å²) in [5, 5.41) is 23.9. The molecular weight excluding hydrogens is 446 g/mol. The molecular formula is C25H33N7O3. The van der Waals surface area contributed by atoms with E-state index in [4.69, 9.17) is 4.74 Å². The minimum Gasteiger partial charge on any atom is -0.494 e. The molecule has 2 heterocycles.